The van der Waals surface area contributed by atoms with Crippen LogP contribution in [0.3, 0.4) is 0 Å². The van der Waals surface area contributed by atoms with Gasteiger partial charge in [0.2, 0.25) is 0 Å². The molecule has 0 aromatic heterocycles. The average molecular weight is 535 g/mol. The van der Waals surface area contributed by atoms with Gasteiger partial charge in [-0.2, -0.15) is 0 Å². The molecule has 1 saturated carbocycles. The monoisotopic (exact) mass is 534 g/mol. The van der Waals surface area contributed by atoms with Crippen LogP contribution in [0.4, 0.5) is 0 Å². The first-order valence-corrected chi connectivity index (χ1v) is 14.6. The van der Waals surface area contributed by atoms with Crippen molar-refractivity contribution in [2.75, 3.05) is 26.2 Å². The number of esters is 3. The zero-order chi connectivity index (χ0) is 28.0. The van der Waals surface area contributed by atoms with E-state index in [0.717, 1.165) is 83.6 Å². The SMILES string of the molecule is CC(C)(OC(=O)/C=C(\C(=O)OC(C)(C)C1CCCCC1)C(=O)OC(C)(C)C1CCNCC1)C1CCNCC1. The number of piperidine rings is 2. The fraction of sp³-hybridized carbons (Fsp3) is 0.833. The first-order chi connectivity index (χ1) is 17.8. The van der Waals surface area contributed by atoms with Crippen LogP contribution in [-0.4, -0.2) is 60.9 Å². The molecule has 8 nitrogen and oxygen atoms in total. The zero-order valence-corrected chi connectivity index (χ0v) is 24.5. The van der Waals surface area contributed by atoms with E-state index in [0.29, 0.717) is 0 Å². The van der Waals surface area contributed by atoms with Gasteiger partial charge in [-0.1, -0.05) is 19.3 Å². The van der Waals surface area contributed by atoms with Gasteiger partial charge in [0.05, 0.1) is 0 Å². The molecule has 2 saturated heterocycles. The molecule has 8 heteroatoms. The van der Waals surface area contributed by atoms with E-state index in [1.807, 2.05) is 41.5 Å². The second kappa shape index (κ2) is 12.9. The summed E-state index contributed by atoms with van der Waals surface area (Å²) in [6.07, 6.45) is 9.82. The molecular formula is C30H50N2O6. The molecule has 0 atom stereocenters. The van der Waals surface area contributed by atoms with Crippen molar-refractivity contribution in [3.05, 3.63) is 11.6 Å². The van der Waals surface area contributed by atoms with Crippen LogP contribution in [0.2, 0.25) is 0 Å². The Labute approximate surface area is 229 Å². The fourth-order valence-corrected chi connectivity index (χ4v) is 6.28. The minimum absolute atomic E-state index is 0.148. The maximum absolute atomic E-state index is 13.5. The standard InChI is InChI=1S/C30H50N2O6/c1-28(2,22-12-16-31-17-13-22)36-25(33)20-24(26(34)37-29(3,4)21-10-8-7-9-11-21)27(35)38-30(5,6)23-14-18-32-19-15-23/h20-23,31-32H,7-19H2,1-6H3/b24-20+. The third-order valence-electron chi connectivity index (χ3n) is 9.01. The van der Waals surface area contributed by atoms with Crippen LogP contribution in [0.25, 0.3) is 0 Å². The Kier molecular flexibility index (Phi) is 10.4. The molecular weight excluding hydrogens is 484 g/mol. The normalized spacial score (nSPS) is 21.6. The van der Waals surface area contributed by atoms with Crippen molar-refractivity contribution in [1.29, 1.82) is 0 Å². The van der Waals surface area contributed by atoms with Crippen molar-refractivity contribution in [3.8, 4) is 0 Å². The van der Waals surface area contributed by atoms with Gasteiger partial charge in [0.15, 0.2) is 5.57 Å². The van der Waals surface area contributed by atoms with Crippen molar-refractivity contribution >= 4 is 17.9 Å². The third kappa shape index (κ3) is 8.28. The number of hydrogen-bond donors (Lipinski definition) is 2. The lowest BCUT2D eigenvalue weighted by atomic mass is 9.79. The number of nitrogens with one attached hydrogen (secondary N) is 2. The van der Waals surface area contributed by atoms with Crippen molar-refractivity contribution < 1.29 is 28.6 Å². The molecule has 216 valence electrons. The van der Waals surface area contributed by atoms with E-state index in [4.69, 9.17) is 14.2 Å². The second-order valence-electron chi connectivity index (χ2n) is 13.0. The summed E-state index contributed by atoms with van der Waals surface area (Å²) >= 11 is 0. The van der Waals surface area contributed by atoms with E-state index in [1.165, 1.54) is 6.42 Å². The summed E-state index contributed by atoms with van der Waals surface area (Å²) < 4.78 is 17.7. The highest BCUT2D eigenvalue weighted by molar-refractivity contribution is 6.17. The highest BCUT2D eigenvalue weighted by Crippen LogP contribution is 2.36. The summed E-state index contributed by atoms with van der Waals surface area (Å²) in [4.78, 5) is 40.1. The molecule has 0 amide bonds. The van der Waals surface area contributed by atoms with Gasteiger partial charge in [-0.25, -0.2) is 14.4 Å². The van der Waals surface area contributed by atoms with Gasteiger partial charge in [-0.05, 0) is 112 Å². The fourth-order valence-electron chi connectivity index (χ4n) is 6.28. The maximum Gasteiger partial charge on any atom is 0.346 e. The predicted molar refractivity (Wildman–Crippen MR) is 146 cm³/mol. The summed E-state index contributed by atoms with van der Waals surface area (Å²) in [6.45, 7) is 14.7. The van der Waals surface area contributed by atoms with Crippen LogP contribution in [0, 0.1) is 17.8 Å². The Balaban J connectivity index is 1.80. The van der Waals surface area contributed by atoms with E-state index in [-0.39, 0.29) is 17.8 Å². The molecule has 3 aliphatic rings. The largest absolute Gasteiger partial charge is 0.456 e. The lowest BCUT2D eigenvalue weighted by Crippen LogP contribution is -2.44. The van der Waals surface area contributed by atoms with E-state index < -0.39 is 40.3 Å². The molecule has 0 bridgehead atoms. The first kappa shape index (κ1) is 30.6. The lowest BCUT2D eigenvalue weighted by molar-refractivity contribution is -0.168. The predicted octanol–water partition coefficient (Wildman–Crippen LogP) is 4.46. The topological polar surface area (TPSA) is 103 Å². The van der Waals surface area contributed by atoms with E-state index in [1.54, 1.807) is 0 Å². The summed E-state index contributed by atoms with van der Waals surface area (Å²) in [5, 5.41) is 6.64. The summed E-state index contributed by atoms with van der Waals surface area (Å²) in [6, 6.07) is 0. The highest BCUT2D eigenvalue weighted by atomic mass is 16.6. The molecule has 0 spiro atoms. The molecule has 0 aromatic carbocycles. The van der Waals surface area contributed by atoms with E-state index >= 15 is 0 Å². The van der Waals surface area contributed by atoms with Crippen molar-refractivity contribution in [3.63, 3.8) is 0 Å². The van der Waals surface area contributed by atoms with Gasteiger partial charge in [0.1, 0.15) is 16.8 Å². The van der Waals surface area contributed by atoms with Gasteiger partial charge < -0.3 is 24.8 Å². The van der Waals surface area contributed by atoms with Gasteiger partial charge >= 0.3 is 17.9 Å². The molecule has 0 aromatic rings. The second-order valence-corrected chi connectivity index (χ2v) is 13.0. The minimum atomic E-state index is -0.838. The van der Waals surface area contributed by atoms with Crippen LogP contribution in [-0.2, 0) is 28.6 Å². The minimum Gasteiger partial charge on any atom is -0.456 e. The molecule has 1 aliphatic carbocycles. The Hall–Kier alpha value is -1.93. The molecule has 0 radical (unpaired) electrons. The average Bonchev–Trinajstić information content (AvgIpc) is 2.88. The number of ether oxygens (including phenoxy) is 3. The Bertz CT molecular complexity index is 814. The van der Waals surface area contributed by atoms with Gasteiger partial charge in [0, 0.05) is 17.9 Å². The van der Waals surface area contributed by atoms with Crippen molar-refractivity contribution in [1.82, 2.24) is 10.6 Å². The highest BCUT2D eigenvalue weighted by Gasteiger charge is 2.40. The van der Waals surface area contributed by atoms with E-state index in [9.17, 15) is 14.4 Å². The number of carbonyl (C=O) groups is 3. The van der Waals surface area contributed by atoms with Crippen molar-refractivity contribution in [2.24, 2.45) is 17.8 Å². The van der Waals surface area contributed by atoms with Crippen LogP contribution in [0.15, 0.2) is 11.6 Å². The van der Waals surface area contributed by atoms with Crippen LogP contribution in [0.5, 0.6) is 0 Å². The zero-order valence-electron chi connectivity index (χ0n) is 24.5. The quantitative estimate of drug-likeness (QED) is 0.147. The van der Waals surface area contributed by atoms with Gasteiger partial charge in [0.25, 0.3) is 0 Å². The molecule has 2 heterocycles. The van der Waals surface area contributed by atoms with Crippen LogP contribution < -0.4 is 10.6 Å². The number of carbonyl (C=O) groups excluding carboxylic acids is 3. The summed E-state index contributed by atoms with van der Waals surface area (Å²) in [5.41, 5.74) is -2.69. The first-order valence-electron chi connectivity index (χ1n) is 14.6. The molecule has 3 rings (SSSR count). The molecule has 2 N–H and O–H groups in total. The number of rotatable bonds is 9. The molecule has 3 fully saturated rings. The Morgan fingerprint density at radius 1 is 0.579 bits per heavy atom. The van der Waals surface area contributed by atoms with Gasteiger partial charge in [-0.3, -0.25) is 0 Å². The summed E-state index contributed by atoms with van der Waals surface area (Å²) in [5.74, 6) is -1.86. The third-order valence-corrected chi connectivity index (χ3v) is 9.01. The maximum atomic E-state index is 13.5. The molecule has 2 aliphatic heterocycles. The van der Waals surface area contributed by atoms with E-state index in [2.05, 4.69) is 10.6 Å². The van der Waals surface area contributed by atoms with Gasteiger partial charge in [-0.15, -0.1) is 0 Å². The molecule has 38 heavy (non-hydrogen) atoms. The summed E-state index contributed by atoms with van der Waals surface area (Å²) in [7, 11) is 0. The lowest BCUT2D eigenvalue weighted by Gasteiger charge is -2.38. The van der Waals surface area contributed by atoms with Crippen LogP contribution >= 0.6 is 0 Å². The smallest absolute Gasteiger partial charge is 0.346 e. The Morgan fingerprint density at radius 3 is 1.37 bits per heavy atom. The van der Waals surface area contributed by atoms with Crippen LogP contribution in [0.1, 0.15) is 99.3 Å². The Morgan fingerprint density at radius 2 is 0.947 bits per heavy atom. The van der Waals surface area contributed by atoms with Crippen molar-refractivity contribution in [2.45, 2.75) is 116 Å². The number of hydrogen-bond acceptors (Lipinski definition) is 8. The molecule has 0 unspecified atom stereocenters.